The van der Waals surface area contributed by atoms with E-state index in [2.05, 4.69) is 102 Å². The zero-order valence-corrected chi connectivity index (χ0v) is 34.6. The van der Waals surface area contributed by atoms with E-state index >= 15 is 0 Å². The van der Waals surface area contributed by atoms with Crippen molar-refractivity contribution in [2.75, 3.05) is 0 Å². The normalized spacial score (nSPS) is 12.6. The number of rotatable bonds is 9. The fraction of sp³-hybridized carbons (Fsp3) is 0.409. The molecule has 0 aliphatic heterocycles. The molecule has 3 nitrogen and oxygen atoms in total. The molecule has 0 fully saturated rings. The molecule has 1 radical (unpaired) electrons. The van der Waals surface area contributed by atoms with Gasteiger partial charge in [0, 0.05) is 53.5 Å². The molecule has 0 saturated carbocycles. The minimum absolute atomic E-state index is 0. The van der Waals surface area contributed by atoms with Crippen LogP contribution < -0.4 is 4.57 Å². The zero-order valence-electron chi connectivity index (χ0n) is 31.3. The first-order valence-electron chi connectivity index (χ1n) is 17.6. The average molecular weight is 855 g/mol. The van der Waals surface area contributed by atoms with Crippen molar-refractivity contribution in [3.63, 3.8) is 0 Å². The number of thiophene rings is 1. The Kier molecular flexibility index (Phi) is 13.0. The van der Waals surface area contributed by atoms with E-state index in [1.54, 1.807) is 0 Å². The summed E-state index contributed by atoms with van der Waals surface area (Å²) in [7, 11) is 4.36. The topological polar surface area (TPSA) is 41.2 Å². The van der Waals surface area contributed by atoms with Crippen molar-refractivity contribution in [3.8, 4) is 11.3 Å². The summed E-state index contributed by atoms with van der Waals surface area (Å²) in [6.45, 7) is 25.7. The number of hydrogen-bond donors (Lipinski definition) is 1. The van der Waals surface area contributed by atoms with Gasteiger partial charge in [-0.15, -0.1) is 34.4 Å². The van der Waals surface area contributed by atoms with Crippen LogP contribution in [0.2, 0.25) is 0 Å². The first-order valence-corrected chi connectivity index (χ1v) is 18.4. The molecule has 2 aromatic heterocycles. The number of carbonyl (C=O) groups is 1. The predicted molar refractivity (Wildman–Crippen MR) is 209 cm³/mol. The van der Waals surface area contributed by atoms with Crippen molar-refractivity contribution in [2.24, 2.45) is 10.8 Å². The molecule has 0 atom stereocenters. The first-order chi connectivity index (χ1) is 22.6. The minimum atomic E-state index is -0.337. The van der Waals surface area contributed by atoms with Crippen molar-refractivity contribution < 1.29 is 34.6 Å². The van der Waals surface area contributed by atoms with Gasteiger partial charge in [-0.3, -0.25) is 4.79 Å². The van der Waals surface area contributed by atoms with Gasteiger partial charge in [0.05, 0.1) is 11.9 Å². The number of nitrogens with zero attached hydrogens (tertiary/aromatic N) is 1. The Morgan fingerprint density at radius 1 is 0.816 bits per heavy atom. The number of aromatic nitrogens is 1. The van der Waals surface area contributed by atoms with Crippen molar-refractivity contribution >= 4 is 48.1 Å². The van der Waals surface area contributed by atoms with Gasteiger partial charge in [0.2, 0.25) is 0 Å². The second kappa shape index (κ2) is 15.8. The Morgan fingerprint density at radius 3 is 1.96 bits per heavy atom. The van der Waals surface area contributed by atoms with Crippen LogP contribution in [0.3, 0.4) is 0 Å². The molecule has 5 heteroatoms. The van der Waals surface area contributed by atoms with Crippen LogP contribution in [-0.2, 0) is 36.7 Å². The number of benzene rings is 3. The summed E-state index contributed by atoms with van der Waals surface area (Å²) in [5, 5.41) is 15.3. The van der Waals surface area contributed by atoms with Gasteiger partial charge in [-0.25, -0.2) is 0 Å². The van der Waals surface area contributed by atoms with E-state index in [1.165, 1.54) is 53.7 Å². The van der Waals surface area contributed by atoms with E-state index in [0.717, 1.165) is 43.4 Å². The summed E-state index contributed by atoms with van der Waals surface area (Å²) in [5.74, 6) is 0.286. The fourth-order valence-corrected chi connectivity index (χ4v) is 7.65. The standard InChI is InChI=1S/C29H28NS.C15H28O2.Ir/c1-7-19-12-13-22-23-14-15-30(6)27(28(23)31-26(22)16-19)24-17-25(29(3,4)5)21-11-9-8-10-20(21)18(24)2;1-7-14(5,8-2)12(16)11-13(17)15(6,9-3)10-4;/h8-17H,2,6-7H2,1,3-5H3;11,16H,7-10H2,1-6H3;/q-1;;/b;12-11-;. The number of carbonyl (C=O) groups excluding carboxylic acids is 1. The maximum Gasteiger partial charge on any atom is 0.164 e. The third-order valence-electron chi connectivity index (χ3n) is 10.9. The molecular weight excluding hydrogens is 799 g/mol. The SMILES string of the molecule is CCC(C)(CC)C(=O)/C=C(\O)C(C)(CC)CC.[CH2-]c1c(-c2c3sc4cc(CC)ccc4c3cc[n+]2[CH2-])cc(C(C)(C)C)c2ccccc12.[Ir]. The van der Waals surface area contributed by atoms with Gasteiger partial charge in [-0.05, 0) is 66.0 Å². The Bertz CT molecular complexity index is 1970. The number of aryl methyl sites for hydroxylation is 1. The van der Waals surface area contributed by atoms with Crippen LogP contribution in [-0.4, -0.2) is 10.9 Å². The van der Waals surface area contributed by atoms with Crippen molar-refractivity contribution in [3.05, 3.63) is 103 Å². The number of allylic oxidation sites excluding steroid dienone is 2. The van der Waals surface area contributed by atoms with Crippen LogP contribution in [0.4, 0.5) is 0 Å². The van der Waals surface area contributed by atoms with E-state index in [4.69, 9.17) is 0 Å². The van der Waals surface area contributed by atoms with Crippen LogP contribution in [0, 0.1) is 24.8 Å². The van der Waals surface area contributed by atoms with E-state index in [-0.39, 0.29) is 47.9 Å². The molecule has 2 heterocycles. The van der Waals surface area contributed by atoms with Gasteiger partial charge in [-0.2, -0.15) is 12.5 Å². The molecule has 0 saturated heterocycles. The predicted octanol–water partition coefficient (Wildman–Crippen LogP) is 12.5. The second-order valence-corrected chi connectivity index (χ2v) is 15.9. The van der Waals surface area contributed by atoms with Crippen LogP contribution in [0.25, 0.3) is 42.2 Å². The number of pyridine rings is 1. The summed E-state index contributed by atoms with van der Waals surface area (Å²) in [6.07, 6.45) is 7.89. The molecule has 0 aliphatic rings. The smallest absolute Gasteiger partial charge is 0.164 e. The summed E-state index contributed by atoms with van der Waals surface area (Å²) >= 11 is 1.87. The quantitative estimate of drug-likeness (QED) is 0.0694. The molecule has 3 aromatic carbocycles. The third kappa shape index (κ3) is 7.95. The molecule has 0 bridgehead atoms. The van der Waals surface area contributed by atoms with Crippen LogP contribution in [0.1, 0.15) is 112 Å². The van der Waals surface area contributed by atoms with E-state index in [0.29, 0.717) is 0 Å². The van der Waals surface area contributed by atoms with Gasteiger partial charge in [0.15, 0.2) is 5.78 Å². The van der Waals surface area contributed by atoms with Crippen molar-refractivity contribution in [1.29, 1.82) is 0 Å². The molecule has 0 unspecified atom stereocenters. The number of fused-ring (bicyclic) bond motifs is 4. The van der Waals surface area contributed by atoms with E-state index in [1.807, 2.05) is 57.4 Å². The summed E-state index contributed by atoms with van der Waals surface area (Å²) in [4.78, 5) is 12.2. The molecule has 5 rings (SSSR count). The van der Waals surface area contributed by atoms with Gasteiger partial charge in [0.25, 0.3) is 0 Å². The minimum Gasteiger partial charge on any atom is -0.512 e. The third-order valence-corrected chi connectivity index (χ3v) is 12.1. The Morgan fingerprint density at radius 2 is 1.41 bits per heavy atom. The molecular formula is C44H56IrNO2S-. The summed E-state index contributed by atoms with van der Waals surface area (Å²) < 4.78 is 4.63. The van der Waals surface area contributed by atoms with E-state index in [9.17, 15) is 9.90 Å². The summed E-state index contributed by atoms with van der Waals surface area (Å²) in [6, 6.07) is 20.1. The Balaban J connectivity index is 0.000000312. The number of aliphatic hydroxyl groups is 1. The number of aliphatic hydroxyl groups excluding tert-OH is 1. The first kappa shape index (κ1) is 40.3. The maximum absolute atomic E-state index is 12.2. The molecule has 49 heavy (non-hydrogen) atoms. The van der Waals surface area contributed by atoms with Gasteiger partial charge in [0.1, 0.15) is 5.76 Å². The molecule has 0 amide bonds. The molecule has 0 aliphatic carbocycles. The number of ketones is 1. The van der Waals surface area contributed by atoms with Crippen molar-refractivity contribution in [1.82, 2.24) is 0 Å². The maximum atomic E-state index is 12.2. The van der Waals surface area contributed by atoms with Gasteiger partial charge in [-0.1, -0.05) is 111 Å². The molecule has 1 N–H and O–H groups in total. The van der Waals surface area contributed by atoms with Gasteiger partial charge >= 0.3 is 0 Å². The van der Waals surface area contributed by atoms with Gasteiger partial charge < -0.3 is 9.67 Å². The average Bonchev–Trinajstić information content (AvgIpc) is 3.45. The molecule has 5 aromatic rings. The Hall–Kier alpha value is -3.11. The van der Waals surface area contributed by atoms with Crippen molar-refractivity contribution in [2.45, 2.75) is 107 Å². The molecule has 0 spiro atoms. The largest absolute Gasteiger partial charge is 0.512 e. The Labute approximate surface area is 313 Å². The van der Waals surface area contributed by atoms with Crippen LogP contribution in [0.5, 0.6) is 0 Å². The summed E-state index contributed by atoms with van der Waals surface area (Å²) in [5.41, 5.74) is 5.54. The fourth-order valence-electron chi connectivity index (χ4n) is 6.32. The van der Waals surface area contributed by atoms with Crippen LogP contribution in [0.15, 0.2) is 72.6 Å². The van der Waals surface area contributed by atoms with E-state index < -0.39 is 0 Å². The van der Waals surface area contributed by atoms with Crippen LogP contribution >= 0.6 is 11.3 Å². The zero-order chi connectivity index (χ0) is 35.6. The monoisotopic (exact) mass is 855 g/mol. The molecule has 265 valence electrons. The number of hydrogen-bond acceptors (Lipinski definition) is 3. The second-order valence-electron chi connectivity index (χ2n) is 14.8.